The molecule has 1 fully saturated rings. The van der Waals surface area contributed by atoms with Gasteiger partial charge in [-0.1, -0.05) is 13.8 Å². The van der Waals surface area contributed by atoms with E-state index < -0.39 is 0 Å². The van der Waals surface area contributed by atoms with E-state index in [1.807, 2.05) is 0 Å². The van der Waals surface area contributed by atoms with Gasteiger partial charge in [-0.25, -0.2) is 5.48 Å². The maximum atomic E-state index is 11.1. The second-order valence-corrected chi connectivity index (χ2v) is 4.78. The van der Waals surface area contributed by atoms with Crippen molar-refractivity contribution in [3.05, 3.63) is 0 Å². The number of hydroxylamine groups is 1. The van der Waals surface area contributed by atoms with E-state index in [-0.39, 0.29) is 11.3 Å². The highest BCUT2D eigenvalue weighted by Gasteiger charge is 2.41. The molecule has 4 nitrogen and oxygen atoms in total. The molecule has 0 bridgehead atoms. The Balaban J connectivity index is 2.64. The maximum absolute atomic E-state index is 11.1. The second-order valence-electron chi connectivity index (χ2n) is 4.78. The molecule has 0 aromatic carbocycles. The molecular weight excluding hydrogens is 180 g/mol. The lowest BCUT2D eigenvalue weighted by Gasteiger charge is -2.26. The Morgan fingerprint density at radius 2 is 2.00 bits per heavy atom. The molecule has 0 aromatic heterocycles. The Hall–Kier alpha value is -0.610. The lowest BCUT2D eigenvalue weighted by atomic mass is 9.81. The molecule has 1 amide bonds. The van der Waals surface area contributed by atoms with E-state index in [2.05, 4.69) is 13.8 Å². The van der Waals surface area contributed by atoms with Crippen molar-refractivity contribution < 1.29 is 10.0 Å². The third-order valence-corrected chi connectivity index (χ3v) is 3.57. The van der Waals surface area contributed by atoms with Gasteiger partial charge in [0, 0.05) is 6.42 Å². The zero-order valence-electron chi connectivity index (χ0n) is 8.92. The smallest absolute Gasteiger partial charge is 0.243 e. The summed E-state index contributed by atoms with van der Waals surface area (Å²) in [5.41, 5.74) is 7.33. The summed E-state index contributed by atoms with van der Waals surface area (Å²) >= 11 is 0. The Morgan fingerprint density at radius 3 is 2.36 bits per heavy atom. The summed E-state index contributed by atoms with van der Waals surface area (Å²) in [6.45, 7) is 4.91. The van der Waals surface area contributed by atoms with Crippen molar-refractivity contribution >= 4 is 5.91 Å². The molecule has 4 heteroatoms. The van der Waals surface area contributed by atoms with Gasteiger partial charge in [-0.2, -0.15) is 0 Å². The molecule has 0 unspecified atom stereocenters. The number of carbonyl (C=O) groups is 1. The largest absolute Gasteiger partial charge is 0.330 e. The van der Waals surface area contributed by atoms with E-state index in [9.17, 15) is 4.79 Å². The average molecular weight is 200 g/mol. The number of carbonyl (C=O) groups excluding carboxylic acids is 1. The fourth-order valence-electron chi connectivity index (χ4n) is 2.62. The van der Waals surface area contributed by atoms with E-state index in [0.717, 1.165) is 12.8 Å². The standard InChI is InChI=1S/C10H20N2O2/c1-7-3-10(6-11,4-8(7)2)5-9(13)12-14/h7-8,14H,3-6,11H2,1-2H3,(H,12,13)/t7-,8-/m0/s1. The minimum absolute atomic E-state index is 0.0916. The van der Waals surface area contributed by atoms with Crippen LogP contribution < -0.4 is 11.2 Å². The number of nitrogens with two attached hydrogens (primary N) is 1. The van der Waals surface area contributed by atoms with Crippen LogP contribution in [-0.2, 0) is 4.79 Å². The summed E-state index contributed by atoms with van der Waals surface area (Å²) in [5.74, 6) is 0.909. The highest BCUT2D eigenvalue weighted by atomic mass is 16.5. The van der Waals surface area contributed by atoms with Crippen molar-refractivity contribution in [2.24, 2.45) is 23.0 Å². The maximum Gasteiger partial charge on any atom is 0.243 e. The number of hydrogen-bond acceptors (Lipinski definition) is 3. The van der Waals surface area contributed by atoms with Crippen LogP contribution in [-0.4, -0.2) is 17.7 Å². The molecule has 0 spiro atoms. The zero-order chi connectivity index (χ0) is 10.8. The van der Waals surface area contributed by atoms with Gasteiger partial charge in [0.05, 0.1) is 0 Å². The molecule has 1 saturated carbocycles. The van der Waals surface area contributed by atoms with E-state index in [0.29, 0.717) is 24.8 Å². The average Bonchev–Trinajstić information content (AvgIpc) is 2.43. The van der Waals surface area contributed by atoms with Gasteiger partial charge in [0.25, 0.3) is 0 Å². The number of rotatable bonds is 3. The molecule has 82 valence electrons. The van der Waals surface area contributed by atoms with Crippen LogP contribution in [0.3, 0.4) is 0 Å². The first-order chi connectivity index (χ1) is 6.53. The summed E-state index contributed by atoms with van der Waals surface area (Å²) in [5, 5.41) is 8.50. The van der Waals surface area contributed by atoms with Crippen molar-refractivity contribution in [2.75, 3.05) is 6.54 Å². The molecule has 0 aliphatic heterocycles. The van der Waals surface area contributed by atoms with Crippen LogP contribution in [0.1, 0.15) is 33.1 Å². The summed E-state index contributed by atoms with van der Waals surface area (Å²) in [4.78, 5) is 11.1. The minimum atomic E-state index is -0.322. The van der Waals surface area contributed by atoms with Crippen LogP contribution in [0.15, 0.2) is 0 Å². The van der Waals surface area contributed by atoms with Crippen LogP contribution in [0, 0.1) is 17.3 Å². The van der Waals surface area contributed by atoms with Crippen LogP contribution in [0.5, 0.6) is 0 Å². The Bertz CT molecular complexity index is 208. The Morgan fingerprint density at radius 1 is 1.50 bits per heavy atom. The van der Waals surface area contributed by atoms with E-state index >= 15 is 0 Å². The van der Waals surface area contributed by atoms with Gasteiger partial charge < -0.3 is 5.73 Å². The molecule has 0 aromatic rings. The quantitative estimate of drug-likeness (QED) is 0.468. The first-order valence-electron chi connectivity index (χ1n) is 5.16. The van der Waals surface area contributed by atoms with Crippen LogP contribution in [0.25, 0.3) is 0 Å². The highest BCUT2D eigenvalue weighted by Crippen LogP contribution is 2.46. The van der Waals surface area contributed by atoms with E-state index in [1.165, 1.54) is 0 Å². The predicted molar refractivity (Wildman–Crippen MR) is 53.6 cm³/mol. The monoisotopic (exact) mass is 200 g/mol. The summed E-state index contributed by atoms with van der Waals surface area (Å²) in [7, 11) is 0. The van der Waals surface area contributed by atoms with Crippen molar-refractivity contribution in [1.29, 1.82) is 0 Å². The number of nitrogens with one attached hydrogen (secondary N) is 1. The van der Waals surface area contributed by atoms with Gasteiger partial charge in [-0.15, -0.1) is 0 Å². The number of hydrogen-bond donors (Lipinski definition) is 3. The first kappa shape index (κ1) is 11.5. The fraction of sp³-hybridized carbons (Fsp3) is 0.900. The zero-order valence-corrected chi connectivity index (χ0v) is 8.92. The van der Waals surface area contributed by atoms with Gasteiger partial charge >= 0.3 is 0 Å². The second kappa shape index (κ2) is 4.28. The molecule has 4 N–H and O–H groups in total. The Labute approximate surface area is 84.8 Å². The van der Waals surface area contributed by atoms with Crippen LogP contribution in [0.4, 0.5) is 0 Å². The van der Waals surface area contributed by atoms with Crippen molar-refractivity contribution in [3.8, 4) is 0 Å². The molecule has 1 aliphatic rings. The van der Waals surface area contributed by atoms with E-state index in [1.54, 1.807) is 5.48 Å². The van der Waals surface area contributed by atoms with Crippen LogP contribution >= 0.6 is 0 Å². The Kier molecular flexibility index (Phi) is 3.50. The van der Waals surface area contributed by atoms with Crippen molar-refractivity contribution in [1.82, 2.24) is 5.48 Å². The molecule has 2 atom stereocenters. The molecule has 0 radical (unpaired) electrons. The summed E-state index contributed by atoms with van der Waals surface area (Å²) in [6, 6.07) is 0. The first-order valence-corrected chi connectivity index (χ1v) is 5.16. The van der Waals surface area contributed by atoms with Gasteiger partial charge in [-0.05, 0) is 36.6 Å². The van der Waals surface area contributed by atoms with Crippen molar-refractivity contribution in [3.63, 3.8) is 0 Å². The van der Waals surface area contributed by atoms with Gasteiger partial charge in [0.15, 0.2) is 0 Å². The third-order valence-electron chi connectivity index (χ3n) is 3.57. The molecule has 1 rings (SSSR count). The molecule has 14 heavy (non-hydrogen) atoms. The number of amides is 1. The SMILES string of the molecule is C[C@H]1CC(CN)(CC(=O)NO)C[C@@H]1C. The molecule has 1 aliphatic carbocycles. The van der Waals surface area contributed by atoms with E-state index in [4.69, 9.17) is 10.9 Å². The molecular formula is C10H20N2O2. The summed E-state index contributed by atoms with van der Waals surface area (Å²) < 4.78 is 0. The van der Waals surface area contributed by atoms with Gasteiger partial charge in [0.1, 0.15) is 0 Å². The van der Waals surface area contributed by atoms with Crippen LogP contribution in [0.2, 0.25) is 0 Å². The topological polar surface area (TPSA) is 75.4 Å². The minimum Gasteiger partial charge on any atom is -0.330 e. The fourth-order valence-corrected chi connectivity index (χ4v) is 2.62. The molecule has 0 saturated heterocycles. The van der Waals surface area contributed by atoms with Gasteiger partial charge in [0.2, 0.25) is 5.91 Å². The lowest BCUT2D eigenvalue weighted by molar-refractivity contribution is -0.131. The van der Waals surface area contributed by atoms with Gasteiger partial charge in [-0.3, -0.25) is 10.0 Å². The lowest BCUT2D eigenvalue weighted by Crippen LogP contribution is -2.34. The highest BCUT2D eigenvalue weighted by molar-refractivity contribution is 5.75. The third kappa shape index (κ3) is 2.25. The molecule has 0 heterocycles. The summed E-state index contributed by atoms with van der Waals surface area (Å²) in [6.07, 6.45) is 2.31. The normalized spacial score (nSPS) is 30.3. The van der Waals surface area contributed by atoms with Crippen molar-refractivity contribution in [2.45, 2.75) is 33.1 Å². The predicted octanol–water partition coefficient (Wildman–Crippen LogP) is 0.893.